The maximum Gasteiger partial charge on any atom is 0.361 e. The number of allylic oxidation sites excluding steroid dienone is 14. The predicted octanol–water partition coefficient (Wildman–Crippen LogP) is 13.3. The van der Waals surface area contributed by atoms with Gasteiger partial charge >= 0.3 is 17.9 Å². The molecular weight excluding hydrogens is 779 g/mol. The van der Waals surface area contributed by atoms with E-state index < -0.39 is 24.3 Å². The van der Waals surface area contributed by atoms with Crippen LogP contribution in [0.4, 0.5) is 0 Å². The average Bonchev–Trinajstić information content (AvgIpc) is 3.23. The molecule has 2 unspecified atom stereocenters. The van der Waals surface area contributed by atoms with E-state index in [1.807, 2.05) is 21.1 Å². The van der Waals surface area contributed by atoms with Crippen LogP contribution in [0.3, 0.4) is 0 Å². The SMILES string of the molecule is CC/C=C\C/C=C\C/C=C\C/C=C\C/C=C\C/C=C\CCCCC(=O)OC(COC(=O)CCCCCCC/C=C\CCCCCCCCC)COC(OCC[N+](C)(C)C)C(=O)O. The van der Waals surface area contributed by atoms with E-state index in [9.17, 15) is 19.5 Å². The van der Waals surface area contributed by atoms with Crippen molar-refractivity contribution >= 4 is 17.9 Å². The van der Waals surface area contributed by atoms with Gasteiger partial charge in [-0.1, -0.05) is 157 Å². The van der Waals surface area contributed by atoms with E-state index >= 15 is 0 Å². The van der Waals surface area contributed by atoms with Crippen LogP contribution in [0.2, 0.25) is 0 Å². The minimum Gasteiger partial charge on any atom is -0.477 e. The van der Waals surface area contributed by atoms with Gasteiger partial charge in [-0.3, -0.25) is 9.59 Å². The fraction of sp³-hybridized carbons (Fsp3) is 0.679. The normalized spacial score (nSPS) is 13.6. The van der Waals surface area contributed by atoms with Crippen LogP contribution >= 0.6 is 0 Å². The molecule has 0 aromatic heterocycles. The highest BCUT2D eigenvalue weighted by molar-refractivity contribution is 5.71. The molecule has 0 fully saturated rings. The highest BCUT2D eigenvalue weighted by Crippen LogP contribution is 2.12. The zero-order chi connectivity index (χ0) is 45.6. The van der Waals surface area contributed by atoms with Crippen molar-refractivity contribution in [1.82, 2.24) is 0 Å². The van der Waals surface area contributed by atoms with Gasteiger partial charge in [-0.05, 0) is 89.9 Å². The van der Waals surface area contributed by atoms with E-state index in [-0.39, 0.29) is 38.6 Å². The summed E-state index contributed by atoms with van der Waals surface area (Å²) >= 11 is 0. The molecule has 0 aromatic carbocycles. The minimum absolute atomic E-state index is 0.173. The number of ether oxygens (including phenoxy) is 4. The third-order valence-electron chi connectivity index (χ3n) is 9.89. The Kier molecular flexibility index (Phi) is 41.6. The Morgan fingerprint density at radius 3 is 1.42 bits per heavy atom. The summed E-state index contributed by atoms with van der Waals surface area (Å²) in [4.78, 5) is 37.2. The summed E-state index contributed by atoms with van der Waals surface area (Å²) in [6.45, 7) is 4.68. The van der Waals surface area contributed by atoms with Crippen molar-refractivity contribution in [3.05, 3.63) is 85.1 Å². The molecule has 9 heteroatoms. The molecule has 0 aliphatic rings. The van der Waals surface area contributed by atoms with E-state index in [1.165, 1.54) is 51.4 Å². The molecule has 0 saturated heterocycles. The molecule has 0 saturated carbocycles. The first kappa shape index (κ1) is 58.5. The van der Waals surface area contributed by atoms with E-state index in [0.29, 0.717) is 17.4 Å². The number of carboxylic acids is 1. The van der Waals surface area contributed by atoms with Crippen molar-refractivity contribution in [3.63, 3.8) is 0 Å². The molecule has 9 nitrogen and oxygen atoms in total. The van der Waals surface area contributed by atoms with Gasteiger partial charge in [0.2, 0.25) is 0 Å². The molecule has 0 aromatic rings. The number of likely N-dealkylation sites (N-methyl/N-ethyl adjacent to an activating group) is 1. The van der Waals surface area contributed by atoms with E-state index in [1.54, 1.807) is 0 Å². The summed E-state index contributed by atoms with van der Waals surface area (Å²) < 4.78 is 22.7. The summed E-state index contributed by atoms with van der Waals surface area (Å²) in [6.07, 6.45) is 53.6. The third kappa shape index (κ3) is 44.5. The molecule has 0 spiro atoms. The van der Waals surface area contributed by atoms with Crippen LogP contribution in [0.15, 0.2) is 85.1 Å². The predicted molar refractivity (Wildman–Crippen MR) is 258 cm³/mol. The molecule has 0 aliphatic carbocycles. The standard InChI is InChI=1S/C53H89NO8/c1-6-8-10-12-14-16-18-20-22-24-25-26-27-28-30-32-34-36-38-40-42-44-51(56)62-49(48-61-53(52(57)58)59-46-45-54(3,4)5)47-60-50(55)43-41-39-37-35-33-31-29-23-21-19-17-15-13-11-9-7-2/h8,10,14,16,20,22-23,25-26,28-30,34,36,49,53H,6-7,9,11-13,15,17-19,21,24,27,31-33,35,37-48H2,1-5H3/p+1/b10-8-,16-14-,22-20-,26-25-,29-23-,30-28-,36-34-. The zero-order valence-corrected chi connectivity index (χ0v) is 40.0. The smallest absolute Gasteiger partial charge is 0.361 e. The number of nitrogens with zero attached hydrogens (tertiary/aromatic N) is 1. The average molecular weight is 869 g/mol. The van der Waals surface area contributed by atoms with Crippen molar-refractivity contribution in [2.24, 2.45) is 0 Å². The third-order valence-corrected chi connectivity index (χ3v) is 9.89. The number of unbranched alkanes of at least 4 members (excludes halogenated alkanes) is 14. The number of carbonyl (C=O) groups excluding carboxylic acids is 2. The van der Waals surface area contributed by atoms with Gasteiger partial charge < -0.3 is 28.5 Å². The number of aliphatic carboxylic acids is 1. The van der Waals surface area contributed by atoms with Crippen molar-refractivity contribution in [2.75, 3.05) is 47.5 Å². The zero-order valence-electron chi connectivity index (χ0n) is 40.0. The number of carbonyl (C=O) groups is 3. The lowest BCUT2D eigenvalue weighted by Crippen LogP contribution is -2.40. The Labute approximate surface area is 379 Å². The number of carboxylic acid groups (broad SMARTS) is 1. The number of hydrogen-bond acceptors (Lipinski definition) is 7. The fourth-order valence-corrected chi connectivity index (χ4v) is 6.13. The second kappa shape index (κ2) is 44.1. The maximum absolute atomic E-state index is 12.8. The van der Waals surface area contributed by atoms with Crippen LogP contribution in [0.25, 0.3) is 0 Å². The first-order chi connectivity index (χ1) is 30.1. The fourth-order valence-electron chi connectivity index (χ4n) is 6.13. The highest BCUT2D eigenvalue weighted by Gasteiger charge is 2.25. The van der Waals surface area contributed by atoms with E-state index in [0.717, 1.165) is 89.9 Å². The van der Waals surface area contributed by atoms with Gasteiger partial charge in [-0.25, -0.2) is 4.79 Å². The molecule has 354 valence electrons. The summed E-state index contributed by atoms with van der Waals surface area (Å²) in [5.74, 6) is -2.09. The van der Waals surface area contributed by atoms with Crippen LogP contribution in [0.5, 0.6) is 0 Å². The largest absolute Gasteiger partial charge is 0.477 e. The monoisotopic (exact) mass is 869 g/mol. The van der Waals surface area contributed by atoms with Crippen LogP contribution in [0, 0.1) is 0 Å². The molecule has 2 atom stereocenters. The summed E-state index contributed by atoms with van der Waals surface area (Å²) in [5.41, 5.74) is 0. The van der Waals surface area contributed by atoms with Crippen molar-refractivity contribution in [2.45, 2.75) is 187 Å². The van der Waals surface area contributed by atoms with Crippen molar-refractivity contribution in [1.29, 1.82) is 0 Å². The molecular formula is C53H90NO8+. The summed E-state index contributed by atoms with van der Waals surface area (Å²) in [5, 5.41) is 9.65. The molecule has 0 aliphatic heterocycles. The molecule has 62 heavy (non-hydrogen) atoms. The van der Waals surface area contributed by atoms with Crippen LogP contribution in [-0.2, 0) is 33.3 Å². The Balaban J connectivity index is 4.51. The number of rotatable bonds is 43. The summed E-state index contributed by atoms with van der Waals surface area (Å²) in [6, 6.07) is 0. The van der Waals surface area contributed by atoms with Gasteiger partial charge in [0.05, 0.1) is 34.4 Å². The first-order valence-corrected chi connectivity index (χ1v) is 24.3. The van der Waals surface area contributed by atoms with Gasteiger partial charge in [0.15, 0.2) is 6.10 Å². The number of hydrogen-bond donors (Lipinski definition) is 1. The molecule has 0 bridgehead atoms. The summed E-state index contributed by atoms with van der Waals surface area (Å²) in [7, 11) is 5.93. The second-order valence-electron chi connectivity index (χ2n) is 17.0. The quantitative estimate of drug-likeness (QED) is 0.0212. The van der Waals surface area contributed by atoms with Gasteiger partial charge in [0.25, 0.3) is 6.29 Å². The molecule has 0 radical (unpaired) electrons. The van der Waals surface area contributed by atoms with E-state index in [2.05, 4.69) is 98.9 Å². The Bertz CT molecular complexity index is 1290. The molecule has 0 rings (SSSR count). The minimum atomic E-state index is -1.53. The topological polar surface area (TPSA) is 108 Å². The van der Waals surface area contributed by atoms with Gasteiger partial charge in [0, 0.05) is 12.8 Å². The Morgan fingerprint density at radius 2 is 0.919 bits per heavy atom. The van der Waals surface area contributed by atoms with Crippen molar-refractivity contribution in [3.8, 4) is 0 Å². The number of esters is 2. The lowest BCUT2D eigenvalue weighted by molar-refractivity contribution is -0.870. The van der Waals surface area contributed by atoms with Crippen LogP contribution < -0.4 is 0 Å². The van der Waals surface area contributed by atoms with Gasteiger partial charge in [-0.15, -0.1) is 0 Å². The van der Waals surface area contributed by atoms with Crippen LogP contribution in [0.1, 0.15) is 174 Å². The lowest BCUT2D eigenvalue weighted by atomic mass is 10.1. The van der Waals surface area contributed by atoms with Crippen LogP contribution in [-0.4, -0.2) is 87.4 Å². The highest BCUT2D eigenvalue weighted by atomic mass is 16.7. The first-order valence-electron chi connectivity index (χ1n) is 24.3. The molecule has 1 N–H and O–H groups in total. The van der Waals surface area contributed by atoms with Crippen molar-refractivity contribution < 1.29 is 42.9 Å². The Morgan fingerprint density at radius 1 is 0.500 bits per heavy atom. The molecule has 0 heterocycles. The van der Waals surface area contributed by atoms with E-state index in [4.69, 9.17) is 18.9 Å². The second-order valence-corrected chi connectivity index (χ2v) is 17.0. The van der Waals surface area contributed by atoms with Gasteiger partial charge in [0.1, 0.15) is 13.2 Å². The Hall–Kier alpha value is -3.53. The lowest BCUT2D eigenvalue weighted by Gasteiger charge is -2.25. The molecule has 0 amide bonds. The number of quaternary nitrogens is 1. The maximum atomic E-state index is 12.8. The van der Waals surface area contributed by atoms with Gasteiger partial charge in [-0.2, -0.15) is 0 Å².